The molecule has 0 spiro atoms. The van der Waals surface area contributed by atoms with E-state index in [0.717, 1.165) is 70.6 Å². The second-order valence-corrected chi connectivity index (χ2v) is 13.9. The SMILES string of the molecule is C[C@H]1CN(C(=O)C2CC2)C2CC(C3CCC(S(=O)(=O)CCN)CC3)CCC2N1C(=O)C1CC1. The van der Waals surface area contributed by atoms with Crippen molar-refractivity contribution in [3.05, 3.63) is 0 Å². The lowest BCUT2D eigenvalue weighted by Gasteiger charge is -2.55. The Balaban J connectivity index is 1.29. The van der Waals surface area contributed by atoms with Gasteiger partial charge in [0, 0.05) is 31.0 Å². The Hall–Kier alpha value is -1.15. The third-order valence-corrected chi connectivity index (χ3v) is 11.5. The molecular weight excluding hydrogens is 438 g/mol. The summed E-state index contributed by atoms with van der Waals surface area (Å²) in [7, 11) is -3.08. The summed E-state index contributed by atoms with van der Waals surface area (Å²) < 4.78 is 24.9. The quantitative estimate of drug-likeness (QED) is 0.630. The molecule has 7 nitrogen and oxygen atoms in total. The second kappa shape index (κ2) is 9.14. The van der Waals surface area contributed by atoms with Crippen molar-refractivity contribution in [3.63, 3.8) is 0 Å². The molecule has 4 aliphatic carbocycles. The van der Waals surface area contributed by atoms with Crippen LogP contribution in [0.4, 0.5) is 0 Å². The first-order valence-electron chi connectivity index (χ1n) is 13.3. The van der Waals surface area contributed by atoms with E-state index in [1.165, 1.54) is 0 Å². The van der Waals surface area contributed by atoms with Gasteiger partial charge in [0.2, 0.25) is 11.8 Å². The highest BCUT2D eigenvalue weighted by molar-refractivity contribution is 7.92. The van der Waals surface area contributed by atoms with Gasteiger partial charge in [0.25, 0.3) is 0 Å². The summed E-state index contributed by atoms with van der Waals surface area (Å²) in [4.78, 5) is 30.7. The highest BCUT2D eigenvalue weighted by Crippen LogP contribution is 2.46. The van der Waals surface area contributed by atoms with E-state index in [1.54, 1.807) is 0 Å². The summed E-state index contributed by atoms with van der Waals surface area (Å²) in [6.07, 6.45) is 10.5. The second-order valence-electron chi connectivity index (χ2n) is 11.5. The lowest BCUT2D eigenvalue weighted by Crippen LogP contribution is -2.67. The fourth-order valence-electron chi connectivity index (χ4n) is 7.07. The molecule has 4 atom stereocenters. The van der Waals surface area contributed by atoms with Crippen LogP contribution in [0.1, 0.15) is 77.6 Å². The zero-order chi connectivity index (χ0) is 23.3. The first-order valence-corrected chi connectivity index (χ1v) is 15.1. The number of nitrogens with two attached hydrogens (primary N) is 1. The number of fused-ring (bicyclic) bond motifs is 1. The van der Waals surface area contributed by atoms with Crippen molar-refractivity contribution in [2.24, 2.45) is 29.4 Å². The zero-order valence-electron chi connectivity index (χ0n) is 20.0. The molecule has 8 heteroatoms. The maximum Gasteiger partial charge on any atom is 0.226 e. The van der Waals surface area contributed by atoms with Gasteiger partial charge in [-0.25, -0.2) is 8.42 Å². The normalized spacial score (nSPS) is 37.5. The van der Waals surface area contributed by atoms with Crippen LogP contribution in [0.2, 0.25) is 0 Å². The molecule has 0 aromatic heterocycles. The molecule has 0 radical (unpaired) electrons. The van der Waals surface area contributed by atoms with Crippen molar-refractivity contribution in [2.75, 3.05) is 18.8 Å². The van der Waals surface area contributed by atoms with Crippen LogP contribution >= 0.6 is 0 Å². The van der Waals surface area contributed by atoms with Crippen LogP contribution in [0.3, 0.4) is 0 Å². The van der Waals surface area contributed by atoms with Crippen LogP contribution in [0, 0.1) is 23.7 Å². The summed E-state index contributed by atoms with van der Waals surface area (Å²) in [5.41, 5.74) is 5.52. The molecule has 0 bridgehead atoms. The topological polar surface area (TPSA) is 101 Å². The highest BCUT2D eigenvalue weighted by Gasteiger charge is 2.51. The van der Waals surface area contributed by atoms with Crippen LogP contribution in [0.25, 0.3) is 0 Å². The van der Waals surface area contributed by atoms with Crippen molar-refractivity contribution < 1.29 is 18.0 Å². The van der Waals surface area contributed by atoms with Crippen molar-refractivity contribution in [3.8, 4) is 0 Å². The van der Waals surface area contributed by atoms with Crippen LogP contribution in [-0.2, 0) is 19.4 Å². The Morgan fingerprint density at radius 3 is 2.03 bits per heavy atom. The van der Waals surface area contributed by atoms with E-state index < -0.39 is 9.84 Å². The Morgan fingerprint density at radius 1 is 0.818 bits per heavy atom. The number of sulfone groups is 1. The van der Waals surface area contributed by atoms with Gasteiger partial charge < -0.3 is 15.5 Å². The van der Waals surface area contributed by atoms with Gasteiger partial charge in [0.1, 0.15) is 0 Å². The predicted octanol–water partition coefficient (Wildman–Crippen LogP) is 2.34. The number of amides is 2. The van der Waals surface area contributed by atoms with E-state index in [2.05, 4.69) is 16.7 Å². The van der Waals surface area contributed by atoms with Gasteiger partial charge in [0.15, 0.2) is 9.84 Å². The molecule has 2 amide bonds. The first kappa shape index (κ1) is 23.6. The summed E-state index contributed by atoms with van der Waals surface area (Å²) in [6.45, 7) is 3.00. The lowest BCUT2D eigenvalue weighted by molar-refractivity contribution is -0.157. The van der Waals surface area contributed by atoms with Gasteiger partial charge >= 0.3 is 0 Å². The number of carbonyl (C=O) groups is 2. The average Bonchev–Trinajstić information content (AvgIpc) is 3.70. The lowest BCUT2D eigenvalue weighted by atomic mass is 9.69. The van der Waals surface area contributed by atoms with E-state index in [4.69, 9.17) is 5.73 Å². The molecule has 3 unspecified atom stereocenters. The molecule has 5 rings (SSSR count). The Labute approximate surface area is 198 Å². The molecule has 0 aromatic rings. The Morgan fingerprint density at radius 2 is 1.42 bits per heavy atom. The number of nitrogens with zero attached hydrogens (tertiary/aromatic N) is 2. The molecule has 186 valence electrons. The van der Waals surface area contributed by atoms with E-state index >= 15 is 0 Å². The van der Waals surface area contributed by atoms with Gasteiger partial charge in [-0.1, -0.05) is 0 Å². The van der Waals surface area contributed by atoms with Gasteiger partial charge in [0.05, 0.1) is 23.1 Å². The average molecular weight is 480 g/mol. The third kappa shape index (κ3) is 4.71. The van der Waals surface area contributed by atoms with Crippen LogP contribution in [0.5, 0.6) is 0 Å². The molecule has 1 saturated heterocycles. The summed E-state index contributed by atoms with van der Waals surface area (Å²) in [6, 6.07) is 0.387. The number of hydrogen-bond donors (Lipinski definition) is 1. The molecule has 33 heavy (non-hydrogen) atoms. The molecule has 0 aromatic carbocycles. The maximum atomic E-state index is 13.2. The maximum absolute atomic E-state index is 13.2. The molecule has 1 aliphatic heterocycles. The monoisotopic (exact) mass is 479 g/mol. The predicted molar refractivity (Wildman–Crippen MR) is 127 cm³/mol. The fraction of sp³-hybridized carbons (Fsp3) is 0.920. The summed E-state index contributed by atoms with van der Waals surface area (Å²) >= 11 is 0. The summed E-state index contributed by atoms with van der Waals surface area (Å²) in [5, 5.41) is -0.233. The molecule has 5 fully saturated rings. The molecule has 4 saturated carbocycles. The van der Waals surface area contributed by atoms with E-state index in [1.807, 2.05) is 0 Å². The van der Waals surface area contributed by atoms with Crippen molar-refractivity contribution in [1.29, 1.82) is 0 Å². The minimum Gasteiger partial charge on any atom is -0.335 e. The largest absolute Gasteiger partial charge is 0.335 e. The number of hydrogen-bond acceptors (Lipinski definition) is 5. The van der Waals surface area contributed by atoms with Crippen LogP contribution in [0.15, 0.2) is 0 Å². The van der Waals surface area contributed by atoms with Crippen molar-refractivity contribution in [2.45, 2.75) is 101 Å². The summed E-state index contributed by atoms with van der Waals surface area (Å²) in [5.74, 6) is 2.18. The minimum absolute atomic E-state index is 0.0940. The standard InChI is InChI=1S/C25H41N3O4S/c1-16-15-27(24(29)18-2-3-18)23-14-20(8-11-22(23)28(16)25(30)19-4-5-19)17-6-9-21(10-7-17)33(31,32)13-12-26/h16-23H,2-15,26H2,1H3/t16-,17?,20?,21?,22?,23?/m0/s1. The third-order valence-electron chi connectivity index (χ3n) is 9.20. The molecule has 2 N–H and O–H groups in total. The fourth-order valence-corrected chi connectivity index (χ4v) is 8.73. The van der Waals surface area contributed by atoms with E-state index in [9.17, 15) is 18.0 Å². The molecule has 1 heterocycles. The molecular formula is C25H41N3O4S. The van der Waals surface area contributed by atoms with Gasteiger partial charge in [-0.2, -0.15) is 0 Å². The van der Waals surface area contributed by atoms with Crippen molar-refractivity contribution in [1.82, 2.24) is 9.80 Å². The molecule has 5 aliphatic rings. The minimum atomic E-state index is -3.08. The Bertz CT molecular complexity index is 861. The number of rotatable bonds is 6. The van der Waals surface area contributed by atoms with Crippen molar-refractivity contribution >= 4 is 21.7 Å². The number of carbonyl (C=O) groups excluding carboxylic acids is 2. The van der Waals surface area contributed by atoms with E-state index in [-0.39, 0.29) is 47.5 Å². The van der Waals surface area contributed by atoms with Gasteiger partial charge in [-0.3, -0.25) is 9.59 Å². The highest BCUT2D eigenvalue weighted by atomic mass is 32.2. The first-order chi connectivity index (χ1) is 15.8. The zero-order valence-corrected chi connectivity index (χ0v) is 20.8. The van der Waals surface area contributed by atoms with Gasteiger partial charge in [-0.05, 0) is 89.4 Å². The smallest absolute Gasteiger partial charge is 0.226 e. The van der Waals surface area contributed by atoms with E-state index in [0.29, 0.717) is 30.2 Å². The number of piperazine rings is 1. The Kier molecular flexibility index (Phi) is 6.53. The van der Waals surface area contributed by atoms with Crippen LogP contribution in [-0.4, -0.2) is 72.2 Å². The van der Waals surface area contributed by atoms with Gasteiger partial charge in [-0.15, -0.1) is 0 Å². The van der Waals surface area contributed by atoms with Crippen LogP contribution < -0.4 is 5.73 Å².